The van der Waals surface area contributed by atoms with Crippen LogP contribution in [0.3, 0.4) is 0 Å². The molecule has 0 aromatic carbocycles. The third kappa shape index (κ3) is 4.73. The molecule has 5 heteroatoms. The number of hydrogen-bond donors (Lipinski definition) is 2. The number of likely N-dealkylation sites (tertiary alicyclic amines) is 1. The van der Waals surface area contributed by atoms with Crippen molar-refractivity contribution in [1.82, 2.24) is 4.90 Å². The van der Waals surface area contributed by atoms with Crippen molar-refractivity contribution >= 4 is 11.9 Å². The molecule has 1 heterocycles. The van der Waals surface area contributed by atoms with Gasteiger partial charge >= 0.3 is 5.97 Å². The Morgan fingerprint density at radius 1 is 1.18 bits per heavy atom. The Kier molecular flexibility index (Phi) is 5.97. The quantitative estimate of drug-likeness (QED) is 0.755. The Morgan fingerprint density at radius 3 is 2.59 bits per heavy atom. The molecule has 1 rings (SSSR count). The molecule has 0 aromatic heterocycles. The van der Waals surface area contributed by atoms with Crippen LogP contribution in [0, 0.1) is 0 Å². The molecule has 1 amide bonds. The minimum Gasteiger partial charge on any atom is -0.481 e. The largest absolute Gasteiger partial charge is 0.481 e. The summed E-state index contributed by atoms with van der Waals surface area (Å²) < 4.78 is 0. The van der Waals surface area contributed by atoms with Crippen molar-refractivity contribution in [1.29, 1.82) is 0 Å². The minimum absolute atomic E-state index is 0.00463. The van der Waals surface area contributed by atoms with E-state index in [0.29, 0.717) is 13.0 Å². The zero-order valence-electron chi connectivity index (χ0n) is 10.1. The highest BCUT2D eigenvalue weighted by atomic mass is 16.4. The maximum absolute atomic E-state index is 11.9. The molecule has 5 nitrogen and oxygen atoms in total. The number of carbonyl (C=O) groups is 2. The van der Waals surface area contributed by atoms with Gasteiger partial charge in [-0.3, -0.25) is 9.59 Å². The molecule has 1 atom stereocenters. The highest BCUT2D eigenvalue weighted by Crippen LogP contribution is 2.18. The maximum atomic E-state index is 11.9. The van der Waals surface area contributed by atoms with E-state index in [1.165, 1.54) is 0 Å². The molecule has 0 aromatic rings. The second-order valence-electron chi connectivity index (χ2n) is 4.52. The molecular weight excluding hydrogens is 222 g/mol. The lowest BCUT2D eigenvalue weighted by atomic mass is 10.1. The van der Waals surface area contributed by atoms with Crippen molar-refractivity contribution < 1.29 is 19.8 Å². The zero-order valence-corrected chi connectivity index (χ0v) is 10.1. The van der Waals surface area contributed by atoms with Crippen LogP contribution in [-0.2, 0) is 9.59 Å². The molecule has 98 valence electrons. The Labute approximate surface area is 101 Å². The molecule has 0 bridgehead atoms. The lowest BCUT2D eigenvalue weighted by Crippen LogP contribution is -2.42. The number of carbonyl (C=O) groups excluding carboxylic acids is 1. The number of hydrogen-bond acceptors (Lipinski definition) is 3. The van der Waals surface area contributed by atoms with Crippen LogP contribution in [0.5, 0.6) is 0 Å². The fraction of sp³-hybridized carbons (Fsp3) is 0.833. The van der Waals surface area contributed by atoms with Gasteiger partial charge in [-0.15, -0.1) is 0 Å². The average Bonchev–Trinajstić information content (AvgIpc) is 2.52. The van der Waals surface area contributed by atoms with Gasteiger partial charge in [-0.1, -0.05) is 12.8 Å². The fourth-order valence-corrected chi connectivity index (χ4v) is 2.23. The van der Waals surface area contributed by atoms with Crippen molar-refractivity contribution in [3.8, 4) is 0 Å². The summed E-state index contributed by atoms with van der Waals surface area (Å²) in [5, 5.41) is 17.8. The number of carboxylic acid groups (broad SMARTS) is 1. The van der Waals surface area contributed by atoms with Crippen molar-refractivity contribution in [3.63, 3.8) is 0 Å². The number of aliphatic hydroxyl groups excluding tert-OH is 1. The van der Waals surface area contributed by atoms with Crippen LogP contribution >= 0.6 is 0 Å². The van der Waals surface area contributed by atoms with Crippen LogP contribution in [0.25, 0.3) is 0 Å². The van der Waals surface area contributed by atoms with Crippen LogP contribution < -0.4 is 0 Å². The van der Waals surface area contributed by atoms with E-state index in [1.54, 1.807) is 4.90 Å². The van der Waals surface area contributed by atoms with Gasteiger partial charge in [0.05, 0.1) is 12.6 Å². The van der Waals surface area contributed by atoms with Gasteiger partial charge in [0.15, 0.2) is 0 Å². The number of nitrogens with zero attached hydrogens (tertiary/aromatic N) is 1. The summed E-state index contributed by atoms with van der Waals surface area (Å²) in [6.07, 6.45) is 4.64. The van der Waals surface area contributed by atoms with Crippen molar-refractivity contribution in [2.45, 2.75) is 51.0 Å². The Balaban J connectivity index is 2.43. The van der Waals surface area contributed by atoms with Crippen LogP contribution in [0.4, 0.5) is 0 Å². The van der Waals surface area contributed by atoms with Crippen molar-refractivity contribution in [2.24, 2.45) is 0 Å². The van der Waals surface area contributed by atoms with Crippen LogP contribution in [0.1, 0.15) is 44.9 Å². The molecule has 1 aliphatic rings. The van der Waals surface area contributed by atoms with E-state index in [0.717, 1.165) is 25.7 Å². The Bertz CT molecular complexity index is 267. The Morgan fingerprint density at radius 2 is 1.94 bits per heavy atom. The molecule has 1 aliphatic heterocycles. The van der Waals surface area contributed by atoms with Crippen LogP contribution in [0.15, 0.2) is 0 Å². The highest BCUT2D eigenvalue weighted by Gasteiger charge is 2.24. The van der Waals surface area contributed by atoms with E-state index < -0.39 is 5.97 Å². The number of amides is 1. The summed E-state index contributed by atoms with van der Waals surface area (Å²) in [7, 11) is 0. The van der Waals surface area contributed by atoms with E-state index in [-0.39, 0.29) is 31.4 Å². The summed E-state index contributed by atoms with van der Waals surface area (Å²) in [5.74, 6) is -0.889. The summed E-state index contributed by atoms with van der Waals surface area (Å²) in [4.78, 5) is 24.0. The maximum Gasteiger partial charge on any atom is 0.303 e. The number of rotatable bonds is 5. The molecular formula is C12H21NO4. The van der Waals surface area contributed by atoms with Gasteiger partial charge in [0.1, 0.15) is 0 Å². The third-order valence-electron chi connectivity index (χ3n) is 3.19. The average molecular weight is 243 g/mol. The van der Waals surface area contributed by atoms with E-state index in [4.69, 9.17) is 5.11 Å². The summed E-state index contributed by atoms with van der Waals surface area (Å²) in [5.41, 5.74) is 0. The summed E-state index contributed by atoms with van der Waals surface area (Å²) in [6.45, 7) is 0.696. The SMILES string of the molecule is O=C(O)CCCC(=O)N1CCCCCC1CO. The summed E-state index contributed by atoms with van der Waals surface area (Å²) in [6, 6.07) is -0.0742. The predicted octanol–water partition coefficient (Wildman–Crippen LogP) is 1.00. The molecule has 0 spiro atoms. The highest BCUT2D eigenvalue weighted by molar-refractivity contribution is 5.77. The lowest BCUT2D eigenvalue weighted by molar-refractivity contribution is -0.137. The molecule has 0 radical (unpaired) electrons. The van der Waals surface area contributed by atoms with Gasteiger partial charge in [-0.2, -0.15) is 0 Å². The van der Waals surface area contributed by atoms with Gasteiger partial charge in [0.2, 0.25) is 5.91 Å². The van der Waals surface area contributed by atoms with Gasteiger partial charge in [0, 0.05) is 19.4 Å². The molecule has 0 saturated carbocycles. The first-order valence-electron chi connectivity index (χ1n) is 6.27. The number of aliphatic carboxylic acids is 1. The lowest BCUT2D eigenvalue weighted by Gasteiger charge is -2.28. The van der Waals surface area contributed by atoms with E-state index in [2.05, 4.69) is 0 Å². The topological polar surface area (TPSA) is 77.8 Å². The molecule has 1 fully saturated rings. The molecule has 2 N–H and O–H groups in total. The number of carboxylic acids is 1. The second-order valence-corrected chi connectivity index (χ2v) is 4.52. The van der Waals surface area contributed by atoms with Crippen LogP contribution in [-0.4, -0.2) is 46.2 Å². The van der Waals surface area contributed by atoms with Gasteiger partial charge in [-0.05, 0) is 19.3 Å². The van der Waals surface area contributed by atoms with Crippen molar-refractivity contribution in [3.05, 3.63) is 0 Å². The van der Waals surface area contributed by atoms with Crippen LogP contribution in [0.2, 0.25) is 0 Å². The third-order valence-corrected chi connectivity index (χ3v) is 3.19. The smallest absolute Gasteiger partial charge is 0.303 e. The molecule has 17 heavy (non-hydrogen) atoms. The molecule has 1 saturated heterocycles. The summed E-state index contributed by atoms with van der Waals surface area (Å²) >= 11 is 0. The second kappa shape index (κ2) is 7.27. The van der Waals surface area contributed by atoms with Gasteiger partial charge in [-0.25, -0.2) is 0 Å². The van der Waals surface area contributed by atoms with E-state index in [9.17, 15) is 14.7 Å². The van der Waals surface area contributed by atoms with E-state index >= 15 is 0 Å². The Hall–Kier alpha value is -1.10. The normalized spacial score (nSPS) is 21.0. The fourth-order valence-electron chi connectivity index (χ4n) is 2.23. The standard InChI is InChI=1S/C12H21NO4/c14-9-10-5-2-1-3-8-13(10)11(15)6-4-7-12(16)17/h10,14H,1-9H2,(H,16,17). The van der Waals surface area contributed by atoms with Gasteiger partial charge < -0.3 is 15.1 Å². The van der Waals surface area contributed by atoms with E-state index in [1.807, 2.05) is 0 Å². The monoisotopic (exact) mass is 243 g/mol. The first-order chi connectivity index (χ1) is 8.15. The first kappa shape index (κ1) is 14.0. The minimum atomic E-state index is -0.868. The first-order valence-corrected chi connectivity index (χ1v) is 6.27. The molecule has 1 unspecified atom stereocenters. The van der Waals surface area contributed by atoms with Crippen molar-refractivity contribution in [2.75, 3.05) is 13.2 Å². The predicted molar refractivity (Wildman–Crippen MR) is 62.5 cm³/mol. The molecule has 0 aliphatic carbocycles. The van der Waals surface area contributed by atoms with Gasteiger partial charge in [0.25, 0.3) is 0 Å². The number of aliphatic hydroxyl groups is 1. The zero-order chi connectivity index (χ0) is 12.7.